The molecule has 1 fully saturated rings. The molecule has 0 amide bonds. The number of thiocarbonyl (C=S) groups is 1. The van der Waals surface area contributed by atoms with Crippen molar-refractivity contribution in [3.8, 4) is 5.75 Å². The van der Waals surface area contributed by atoms with Gasteiger partial charge in [-0.1, -0.05) is 25.1 Å². The van der Waals surface area contributed by atoms with E-state index in [9.17, 15) is 4.79 Å². The number of aromatic amines is 1. The molecule has 2 aromatic carbocycles. The van der Waals surface area contributed by atoms with Gasteiger partial charge in [-0.25, -0.2) is 0 Å². The van der Waals surface area contributed by atoms with Crippen LogP contribution in [-0.2, 0) is 17.7 Å². The zero-order valence-corrected chi connectivity index (χ0v) is 21.3. The van der Waals surface area contributed by atoms with E-state index >= 15 is 0 Å². The summed E-state index contributed by atoms with van der Waals surface area (Å²) in [4.78, 5) is 20.5. The third kappa shape index (κ3) is 6.60. The highest BCUT2D eigenvalue weighted by Gasteiger charge is 2.17. The standard InChI is InChI=1S/C27H34N4O3S/c1-3-20-9-10-23-21(17-20)18-22(26(32)28-23)19-31(12-6-11-30-13-15-34-16-14-30)27(35)29-24-7-4-5-8-25(24)33-2/h4-5,7-10,17-18H,3,6,11-16,19H2,1-2H3,(H,28,32)(H,29,35). The largest absolute Gasteiger partial charge is 0.495 e. The first-order valence-electron chi connectivity index (χ1n) is 12.2. The fourth-order valence-electron chi connectivity index (χ4n) is 4.35. The molecule has 0 aliphatic carbocycles. The van der Waals surface area contributed by atoms with Crippen LogP contribution in [0.3, 0.4) is 0 Å². The minimum Gasteiger partial charge on any atom is -0.495 e. The highest BCUT2D eigenvalue weighted by atomic mass is 32.1. The lowest BCUT2D eigenvalue weighted by Gasteiger charge is -2.29. The van der Waals surface area contributed by atoms with Gasteiger partial charge in [0.25, 0.3) is 5.56 Å². The van der Waals surface area contributed by atoms with Crippen LogP contribution in [0.15, 0.2) is 53.3 Å². The number of anilines is 1. The highest BCUT2D eigenvalue weighted by Crippen LogP contribution is 2.24. The zero-order chi connectivity index (χ0) is 24.6. The van der Waals surface area contributed by atoms with Crippen LogP contribution >= 0.6 is 12.2 Å². The Morgan fingerprint density at radius 3 is 2.77 bits per heavy atom. The molecule has 0 radical (unpaired) electrons. The van der Waals surface area contributed by atoms with E-state index in [1.54, 1.807) is 7.11 Å². The minimum atomic E-state index is -0.0833. The molecular formula is C27H34N4O3S. The Kier molecular flexibility index (Phi) is 8.74. The molecule has 2 N–H and O–H groups in total. The van der Waals surface area contributed by atoms with E-state index in [0.29, 0.717) is 17.2 Å². The second kappa shape index (κ2) is 12.2. The van der Waals surface area contributed by atoms with Crippen molar-refractivity contribution in [2.24, 2.45) is 0 Å². The molecule has 0 unspecified atom stereocenters. The quantitative estimate of drug-likeness (QED) is 0.436. The molecule has 4 rings (SSSR count). The monoisotopic (exact) mass is 494 g/mol. The number of H-pyrrole nitrogens is 1. The van der Waals surface area contributed by atoms with E-state index in [4.69, 9.17) is 21.7 Å². The van der Waals surface area contributed by atoms with Crippen LogP contribution in [-0.4, -0.2) is 66.4 Å². The lowest BCUT2D eigenvalue weighted by atomic mass is 10.1. The van der Waals surface area contributed by atoms with Crippen molar-refractivity contribution in [2.75, 3.05) is 51.8 Å². The number of rotatable bonds is 9. The van der Waals surface area contributed by atoms with E-state index in [-0.39, 0.29) is 5.56 Å². The number of para-hydroxylation sites is 2. The number of nitrogens with zero attached hydrogens (tertiary/aromatic N) is 2. The van der Waals surface area contributed by atoms with Crippen molar-refractivity contribution in [1.82, 2.24) is 14.8 Å². The number of aryl methyl sites for hydroxylation is 1. The van der Waals surface area contributed by atoms with Crippen LogP contribution in [0.25, 0.3) is 10.9 Å². The zero-order valence-electron chi connectivity index (χ0n) is 20.5. The smallest absolute Gasteiger partial charge is 0.253 e. The minimum absolute atomic E-state index is 0.0833. The second-order valence-electron chi connectivity index (χ2n) is 8.76. The lowest BCUT2D eigenvalue weighted by molar-refractivity contribution is 0.0367. The van der Waals surface area contributed by atoms with Gasteiger partial charge in [0.2, 0.25) is 0 Å². The third-order valence-corrected chi connectivity index (χ3v) is 6.76. The molecule has 1 aromatic heterocycles. The number of aromatic nitrogens is 1. The SMILES string of the molecule is CCc1ccc2[nH]c(=O)c(CN(CCCN3CCOCC3)C(=S)Nc3ccccc3OC)cc2c1. The maximum atomic E-state index is 12.9. The Morgan fingerprint density at radius 1 is 1.20 bits per heavy atom. The number of nitrogens with one attached hydrogen (secondary N) is 2. The van der Waals surface area contributed by atoms with Crippen molar-refractivity contribution >= 4 is 33.9 Å². The molecule has 0 spiro atoms. The molecule has 8 heteroatoms. The van der Waals surface area contributed by atoms with Crippen molar-refractivity contribution in [1.29, 1.82) is 0 Å². The second-order valence-corrected chi connectivity index (χ2v) is 9.15. The number of morpholine rings is 1. The molecule has 3 aromatic rings. The van der Waals surface area contributed by atoms with Gasteiger partial charge in [-0.3, -0.25) is 9.69 Å². The Morgan fingerprint density at radius 2 is 2.00 bits per heavy atom. The maximum Gasteiger partial charge on any atom is 0.253 e. The van der Waals surface area contributed by atoms with Crippen LogP contribution in [0.5, 0.6) is 5.75 Å². The Bertz CT molecular complexity index is 1210. The molecule has 1 aliphatic rings. The molecule has 35 heavy (non-hydrogen) atoms. The van der Waals surface area contributed by atoms with Gasteiger partial charge in [-0.15, -0.1) is 0 Å². The molecule has 0 atom stereocenters. The van der Waals surface area contributed by atoms with Crippen LogP contribution in [0.1, 0.15) is 24.5 Å². The summed E-state index contributed by atoms with van der Waals surface area (Å²) in [6, 6.07) is 15.9. The molecule has 0 saturated carbocycles. The molecule has 186 valence electrons. The van der Waals surface area contributed by atoms with E-state index in [0.717, 1.165) is 74.6 Å². The number of hydrogen-bond acceptors (Lipinski definition) is 5. The van der Waals surface area contributed by atoms with Gasteiger partial charge in [0.05, 0.1) is 32.6 Å². The van der Waals surface area contributed by atoms with Gasteiger partial charge in [-0.2, -0.15) is 0 Å². The van der Waals surface area contributed by atoms with E-state index in [1.807, 2.05) is 36.4 Å². The predicted octanol–water partition coefficient (Wildman–Crippen LogP) is 4.02. The fraction of sp³-hybridized carbons (Fsp3) is 0.407. The van der Waals surface area contributed by atoms with Crippen molar-refractivity contribution in [3.63, 3.8) is 0 Å². The van der Waals surface area contributed by atoms with Crippen molar-refractivity contribution in [2.45, 2.75) is 26.3 Å². The first kappa shape index (κ1) is 25.2. The van der Waals surface area contributed by atoms with Gasteiger partial charge in [-0.05, 0) is 66.3 Å². The fourth-order valence-corrected chi connectivity index (χ4v) is 4.61. The first-order valence-corrected chi connectivity index (χ1v) is 12.6. The summed E-state index contributed by atoms with van der Waals surface area (Å²) in [7, 11) is 1.64. The van der Waals surface area contributed by atoms with Crippen LogP contribution in [0.4, 0.5) is 5.69 Å². The maximum absolute atomic E-state index is 12.9. The van der Waals surface area contributed by atoms with Crippen molar-refractivity contribution < 1.29 is 9.47 Å². The van der Waals surface area contributed by atoms with E-state index < -0.39 is 0 Å². The average molecular weight is 495 g/mol. The molecule has 2 heterocycles. The average Bonchev–Trinajstić information content (AvgIpc) is 2.89. The van der Waals surface area contributed by atoms with Gasteiger partial charge in [0, 0.05) is 37.3 Å². The molecule has 1 aliphatic heterocycles. The molecule has 1 saturated heterocycles. The van der Waals surface area contributed by atoms with Crippen LogP contribution < -0.4 is 15.6 Å². The van der Waals surface area contributed by atoms with Crippen molar-refractivity contribution in [3.05, 3.63) is 70.0 Å². The van der Waals surface area contributed by atoms with E-state index in [1.165, 1.54) is 5.56 Å². The van der Waals surface area contributed by atoms with E-state index in [2.05, 4.69) is 39.2 Å². The van der Waals surface area contributed by atoms with Gasteiger partial charge in [0.15, 0.2) is 5.11 Å². The summed E-state index contributed by atoms with van der Waals surface area (Å²) in [6.07, 6.45) is 1.88. The molecule has 0 bridgehead atoms. The highest BCUT2D eigenvalue weighted by molar-refractivity contribution is 7.80. The van der Waals surface area contributed by atoms with Crippen LogP contribution in [0.2, 0.25) is 0 Å². The lowest BCUT2D eigenvalue weighted by Crippen LogP contribution is -2.40. The number of fused-ring (bicyclic) bond motifs is 1. The van der Waals surface area contributed by atoms with Crippen LogP contribution in [0, 0.1) is 0 Å². The molecule has 7 nitrogen and oxygen atoms in total. The van der Waals surface area contributed by atoms with Gasteiger partial charge < -0.3 is 24.7 Å². The topological polar surface area (TPSA) is 69.8 Å². The summed E-state index contributed by atoms with van der Waals surface area (Å²) < 4.78 is 10.9. The summed E-state index contributed by atoms with van der Waals surface area (Å²) in [5, 5.41) is 4.94. The van der Waals surface area contributed by atoms with Gasteiger partial charge in [0.1, 0.15) is 5.75 Å². The number of ether oxygens (including phenoxy) is 2. The Labute approximate surface area is 212 Å². The number of hydrogen-bond donors (Lipinski definition) is 2. The Hall–Kier alpha value is -2.94. The normalized spacial score (nSPS) is 14.1. The summed E-state index contributed by atoms with van der Waals surface area (Å²) in [5.74, 6) is 0.721. The summed E-state index contributed by atoms with van der Waals surface area (Å²) >= 11 is 5.83. The third-order valence-electron chi connectivity index (χ3n) is 6.40. The van der Waals surface area contributed by atoms with Gasteiger partial charge >= 0.3 is 0 Å². The summed E-state index contributed by atoms with van der Waals surface area (Å²) in [6.45, 7) is 7.71. The predicted molar refractivity (Wildman–Crippen MR) is 145 cm³/mol. The number of benzene rings is 2. The number of methoxy groups -OCH3 is 1. The number of pyridine rings is 1. The Balaban J connectivity index is 1.54. The molecular weight excluding hydrogens is 460 g/mol. The first-order chi connectivity index (χ1) is 17.1. The summed E-state index contributed by atoms with van der Waals surface area (Å²) in [5.41, 5.74) is 3.51.